The number of rotatable bonds is 6. The van der Waals surface area contributed by atoms with Crippen LogP contribution in [0.2, 0.25) is 0 Å². The van der Waals surface area contributed by atoms with E-state index in [1.165, 1.54) is 12.4 Å². The summed E-state index contributed by atoms with van der Waals surface area (Å²) < 4.78 is 26.9. The molecule has 2 N–H and O–H groups in total. The van der Waals surface area contributed by atoms with Crippen molar-refractivity contribution in [3.05, 3.63) is 12.4 Å². The Morgan fingerprint density at radius 1 is 1.40 bits per heavy atom. The average molecular weight is 299 g/mol. The molecule has 1 aliphatic rings. The number of likely N-dealkylation sites (N-methyl/N-ethyl adjacent to an activating group) is 1. The number of likely N-dealkylation sites (tertiary alicyclic amines) is 1. The second-order valence-corrected chi connectivity index (χ2v) is 6.67. The standard InChI is InChI=1S/C12H21N5O2S/c1-3-13-12-14-8-11(9-15-12)20(18,19)16-7-10-5-4-6-17(10)2/h8-10,16H,3-7H2,1-2H3,(H,13,14,15). The fourth-order valence-electron chi connectivity index (χ4n) is 2.23. The molecule has 1 fully saturated rings. The highest BCUT2D eigenvalue weighted by molar-refractivity contribution is 7.89. The molecule has 0 bridgehead atoms. The average Bonchev–Trinajstić information content (AvgIpc) is 2.83. The van der Waals surface area contributed by atoms with Crippen LogP contribution in [0.25, 0.3) is 0 Å². The van der Waals surface area contributed by atoms with Gasteiger partial charge in [-0.2, -0.15) is 0 Å². The summed E-state index contributed by atoms with van der Waals surface area (Å²) >= 11 is 0. The summed E-state index contributed by atoms with van der Waals surface area (Å²) in [6.07, 6.45) is 4.79. The van der Waals surface area contributed by atoms with Gasteiger partial charge >= 0.3 is 0 Å². The van der Waals surface area contributed by atoms with Crippen molar-refractivity contribution in [3.63, 3.8) is 0 Å². The fraction of sp³-hybridized carbons (Fsp3) is 0.667. The molecule has 0 aliphatic carbocycles. The van der Waals surface area contributed by atoms with Gasteiger partial charge in [-0.3, -0.25) is 0 Å². The smallest absolute Gasteiger partial charge is 0.243 e. The van der Waals surface area contributed by atoms with Gasteiger partial charge < -0.3 is 10.2 Å². The van der Waals surface area contributed by atoms with E-state index in [0.29, 0.717) is 19.0 Å². The Balaban J connectivity index is 1.98. The molecule has 1 aromatic rings. The summed E-state index contributed by atoms with van der Waals surface area (Å²) in [5.74, 6) is 0.432. The topological polar surface area (TPSA) is 87.2 Å². The lowest BCUT2D eigenvalue weighted by atomic mass is 10.2. The van der Waals surface area contributed by atoms with Gasteiger partial charge in [0.1, 0.15) is 4.90 Å². The molecule has 1 atom stereocenters. The molecule has 0 radical (unpaired) electrons. The van der Waals surface area contributed by atoms with Crippen molar-refractivity contribution in [1.82, 2.24) is 19.6 Å². The van der Waals surface area contributed by atoms with Gasteiger partial charge in [-0.25, -0.2) is 23.1 Å². The first-order chi connectivity index (χ1) is 9.53. The number of anilines is 1. The van der Waals surface area contributed by atoms with E-state index in [1.54, 1.807) is 0 Å². The molecule has 8 heteroatoms. The highest BCUT2D eigenvalue weighted by atomic mass is 32.2. The predicted molar refractivity (Wildman–Crippen MR) is 77.0 cm³/mol. The van der Waals surface area contributed by atoms with E-state index in [1.807, 2.05) is 14.0 Å². The molecular formula is C12H21N5O2S. The first-order valence-corrected chi connectivity index (χ1v) is 8.27. The Hall–Kier alpha value is -1.25. The number of sulfonamides is 1. The Labute approximate surface area is 119 Å². The second kappa shape index (κ2) is 6.47. The maximum absolute atomic E-state index is 12.1. The van der Waals surface area contributed by atoms with Gasteiger partial charge in [-0.05, 0) is 33.4 Å². The highest BCUT2D eigenvalue weighted by Crippen LogP contribution is 2.15. The quantitative estimate of drug-likeness (QED) is 0.784. The van der Waals surface area contributed by atoms with Gasteiger partial charge in [0.05, 0.1) is 12.4 Å². The lowest BCUT2D eigenvalue weighted by Gasteiger charge is -2.19. The number of aromatic nitrogens is 2. The Kier molecular flexibility index (Phi) is 4.90. The molecule has 0 aromatic carbocycles. The summed E-state index contributed by atoms with van der Waals surface area (Å²) in [6, 6.07) is 0.270. The first kappa shape index (κ1) is 15.1. The molecule has 1 saturated heterocycles. The van der Waals surface area contributed by atoms with E-state index in [0.717, 1.165) is 19.4 Å². The maximum atomic E-state index is 12.1. The van der Waals surface area contributed by atoms with Crippen LogP contribution < -0.4 is 10.0 Å². The Morgan fingerprint density at radius 3 is 2.65 bits per heavy atom. The minimum absolute atomic E-state index is 0.0970. The predicted octanol–water partition coefficient (Wildman–Crippen LogP) is 0.281. The molecule has 2 rings (SSSR count). The zero-order chi connectivity index (χ0) is 14.6. The second-order valence-electron chi connectivity index (χ2n) is 4.90. The fourth-order valence-corrected chi connectivity index (χ4v) is 3.19. The van der Waals surface area contributed by atoms with E-state index >= 15 is 0 Å². The molecule has 112 valence electrons. The third-order valence-corrected chi connectivity index (χ3v) is 4.83. The molecule has 1 aromatic heterocycles. The third-order valence-electron chi connectivity index (χ3n) is 3.45. The van der Waals surface area contributed by atoms with Gasteiger partial charge in [0.2, 0.25) is 16.0 Å². The molecule has 2 heterocycles. The van der Waals surface area contributed by atoms with Crippen molar-refractivity contribution < 1.29 is 8.42 Å². The van der Waals surface area contributed by atoms with Gasteiger partial charge in [0, 0.05) is 19.1 Å². The number of nitrogens with one attached hydrogen (secondary N) is 2. The zero-order valence-electron chi connectivity index (χ0n) is 11.8. The molecular weight excluding hydrogens is 278 g/mol. The van der Waals surface area contributed by atoms with Crippen molar-refractivity contribution >= 4 is 16.0 Å². The lowest BCUT2D eigenvalue weighted by molar-refractivity contribution is 0.311. The van der Waals surface area contributed by atoms with Crippen LogP contribution in [0.5, 0.6) is 0 Å². The monoisotopic (exact) mass is 299 g/mol. The molecule has 1 aliphatic heterocycles. The van der Waals surface area contributed by atoms with Crippen molar-refractivity contribution in [2.24, 2.45) is 0 Å². The van der Waals surface area contributed by atoms with Gasteiger partial charge in [0.25, 0.3) is 0 Å². The van der Waals surface area contributed by atoms with E-state index in [9.17, 15) is 8.42 Å². The van der Waals surface area contributed by atoms with Gasteiger partial charge in [0.15, 0.2) is 0 Å². The van der Waals surface area contributed by atoms with Crippen LogP contribution in [0.3, 0.4) is 0 Å². The number of hydrogen-bond acceptors (Lipinski definition) is 6. The van der Waals surface area contributed by atoms with Gasteiger partial charge in [-0.1, -0.05) is 0 Å². The van der Waals surface area contributed by atoms with Crippen LogP contribution in [0, 0.1) is 0 Å². The van der Waals surface area contributed by atoms with E-state index in [2.05, 4.69) is 24.9 Å². The van der Waals surface area contributed by atoms with E-state index in [-0.39, 0.29) is 10.9 Å². The molecule has 1 unspecified atom stereocenters. The molecule has 7 nitrogen and oxygen atoms in total. The summed E-state index contributed by atoms with van der Waals surface area (Å²) in [5, 5.41) is 2.92. The van der Waals surface area contributed by atoms with Crippen molar-refractivity contribution in [1.29, 1.82) is 0 Å². The number of hydrogen-bond donors (Lipinski definition) is 2. The Morgan fingerprint density at radius 2 is 2.10 bits per heavy atom. The SMILES string of the molecule is CCNc1ncc(S(=O)(=O)NCC2CCCN2C)cn1. The third kappa shape index (κ3) is 3.65. The summed E-state index contributed by atoms with van der Waals surface area (Å²) in [7, 11) is -1.52. The van der Waals surface area contributed by atoms with Crippen molar-refractivity contribution in [2.45, 2.75) is 30.7 Å². The molecule has 0 spiro atoms. The lowest BCUT2D eigenvalue weighted by Crippen LogP contribution is -2.38. The first-order valence-electron chi connectivity index (χ1n) is 6.78. The van der Waals surface area contributed by atoms with Crippen LogP contribution in [0.15, 0.2) is 17.3 Å². The molecule has 20 heavy (non-hydrogen) atoms. The summed E-state index contributed by atoms with van der Waals surface area (Å²) in [6.45, 7) is 4.06. The number of nitrogens with zero attached hydrogens (tertiary/aromatic N) is 3. The van der Waals surface area contributed by atoms with Gasteiger partial charge in [-0.15, -0.1) is 0 Å². The highest BCUT2D eigenvalue weighted by Gasteiger charge is 2.23. The normalized spacial score (nSPS) is 20.2. The molecule has 0 saturated carbocycles. The maximum Gasteiger partial charge on any atom is 0.243 e. The van der Waals surface area contributed by atoms with Crippen LogP contribution >= 0.6 is 0 Å². The Bertz CT molecular complexity index is 531. The minimum atomic E-state index is -3.53. The minimum Gasteiger partial charge on any atom is -0.355 e. The van der Waals surface area contributed by atoms with Crippen LogP contribution in [0.4, 0.5) is 5.95 Å². The molecule has 0 amide bonds. The van der Waals surface area contributed by atoms with Crippen LogP contribution in [0.1, 0.15) is 19.8 Å². The van der Waals surface area contributed by atoms with Crippen molar-refractivity contribution in [2.75, 3.05) is 32.0 Å². The van der Waals surface area contributed by atoms with Crippen LogP contribution in [-0.4, -0.2) is 56.0 Å². The van der Waals surface area contributed by atoms with E-state index in [4.69, 9.17) is 0 Å². The van der Waals surface area contributed by atoms with Crippen molar-refractivity contribution in [3.8, 4) is 0 Å². The van der Waals surface area contributed by atoms with E-state index < -0.39 is 10.0 Å². The van der Waals surface area contributed by atoms with Crippen LogP contribution in [-0.2, 0) is 10.0 Å². The zero-order valence-corrected chi connectivity index (χ0v) is 12.7. The summed E-state index contributed by atoms with van der Waals surface area (Å²) in [4.78, 5) is 10.2. The summed E-state index contributed by atoms with van der Waals surface area (Å²) in [5.41, 5.74) is 0. The largest absolute Gasteiger partial charge is 0.355 e.